The number of carbonyl (C=O) groups excluding carboxylic acids is 1. The normalized spacial score (nSPS) is 11.1. The summed E-state index contributed by atoms with van der Waals surface area (Å²) in [5.41, 5.74) is 10.7. The third-order valence-electron chi connectivity index (χ3n) is 6.45. The molecule has 0 aliphatic rings. The van der Waals surface area contributed by atoms with Crippen LogP contribution < -0.4 is 15.8 Å². The highest BCUT2D eigenvalue weighted by atomic mass is 19.2. The van der Waals surface area contributed by atoms with E-state index in [4.69, 9.17) is 15.2 Å². The van der Waals surface area contributed by atoms with E-state index >= 15 is 0 Å². The number of aromatic amines is 1. The smallest absolute Gasteiger partial charge is 0.214 e. The van der Waals surface area contributed by atoms with E-state index in [1.165, 1.54) is 23.0 Å². The molecule has 8 nitrogen and oxygen atoms in total. The third kappa shape index (κ3) is 5.16. The van der Waals surface area contributed by atoms with Crippen LogP contribution in [0, 0.1) is 18.6 Å². The van der Waals surface area contributed by atoms with Crippen LogP contribution in [0.5, 0.6) is 11.5 Å². The Hall–Kier alpha value is -4.96. The summed E-state index contributed by atoms with van der Waals surface area (Å²) in [5.74, 6) is -2.13. The number of anilines is 1. The van der Waals surface area contributed by atoms with Crippen LogP contribution in [-0.4, -0.2) is 40.8 Å². The summed E-state index contributed by atoms with van der Waals surface area (Å²) in [5, 5.41) is 8.39. The van der Waals surface area contributed by atoms with Gasteiger partial charge in [-0.05, 0) is 66.6 Å². The predicted molar refractivity (Wildman–Crippen MR) is 150 cm³/mol. The van der Waals surface area contributed by atoms with Crippen LogP contribution in [-0.2, 0) is 4.74 Å². The van der Waals surface area contributed by atoms with Gasteiger partial charge >= 0.3 is 0 Å². The Morgan fingerprint density at radius 2 is 1.98 bits per heavy atom. The summed E-state index contributed by atoms with van der Waals surface area (Å²) in [7, 11) is 1.64. The quantitative estimate of drug-likeness (QED) is 0.153. The lowest BCUT2D eigenvalue weighted by Crippen LogP contribution is -2.16. The molecule has 0 saturated heterocycles. The molecule has 0 bridgehead atoms. The number of aromatic nitrogens is 3. The molecule has 0 aliphatic heterocycles. The van der Waals surface area contributed by atoms with Gasteiger partial charge in [0.25, 0.3) is 0 Å². The summed E-state index contributed by atoms with van der Waals surface area (Å²) in [6.45, 7) is 7.05. The molecule has 5 aromatic rings. The van der Waals surface area contributed by atoms with Crippen LogP contribution in [0.1, 0.15) is 27.2 Å². The van der Waals surface area contributed by atoms with E-state index < -0.39 is 11.6 Å². The Balaban J connectivity index is 1.37. The maximum absolute atomic E-state index is 14.0. The molecular weight excluding hydrogens is 516 g/mol. The van der Waals surface area contributed by atoms with E-state index in [0.29, 0.717) is 35.8 Å². The number of nitrogens with one attached hydrogen (secondary N) is 2. The summed E-state index contributed by atoms with van der Waals surface area (Å²) in [4.78, 5) is 16.5. The number of nitrogens with two attached hydrogens (primary N) is 1. The number of methoxy groups -OCH3 is 1. The monoisotopic (exact) mass is 543 g/mol. The molecule has 0 radical (unpaired) electrons. The zero-order valence-electron chi connectivity index (χ0n) is 21.9. The third-order valence-corrected chi connectivity index (χ3v) is 6.45. The summed E-state index contributed by atoms with van der Waals surface area (Å²) < 4.78 is 39.6. The number of carbonyl (C=O) groups is 1. The van der Waals surface area contributed by atoms with E-state index in [9.17, 15) is 13.6 Å². The number of hydrogen-bond donors (Lipinski definition) is 3. The Morgan fingerprint density at radius 1 is 1.15 bits per heavy atom. The Kier molecular flexibility index (Phi) is 7.35. The minimum Gasteiger partial charge on any atom is -0.454 e. The highest BCUT2D eigenvalue weighted by molar-refractivity contribution is 6.12. The highest BCUT2D eigenvalue weighted by Crippen LogP contribution is 2.30. The van der Waals surface area contributed by atoms with Crippen molar-refractivity contribution in [2.24, 2.45) is 0 Å². The second-order valence-electron chi connectivity index (χ2n) is 9.17. The van der Waals surface area contributed by atoms with E-state index in [-0.39, 0.29) is 22.9 Å². The molecule has 0 saturated carbocycles. The first-order valence-electron chi connectivity index (χ1n) is 12.4. The minimum atomic E-state index is -1.07. The maximum Gasteiger partial charge on any atom is 0.214 e. The molecule has 5 rings (SSSR count). The first-order valence-corrected chi connectivity index (χ1v) is 12.4. The zero-order chi connectivity index (χ0) is 28.4. The SMILES string of the molecule is C=C(NCCOC)c1ccc2[nH]c(C(=O)c3cnn(-c4ccc(Oc5cccc(F)c5F)cc4C)c3N)cc2c1. The highest BCUT2D eigenvalue weighted by Gasteiger charge is 2.21. The number of halogens is 2. The molecule has 2 heterocycles. The topological polar surface area (TPSA) is 107 Å². The lowest BCUT2D eigenvalue weighted by molar-refractivity contribution is 0.103. The largest absolute Gasteiger partial charge is 0.454 e. The fourth-order valence-electron chi connectivity index (χ4n) is 4.34. The van der Waals surface area contributed by atoms with Crippen molar-refractivity contribution in [1.82, 2.24) is 20.1 Å². The summed E-state index contributed by atoms with van der Waals surface area (Å²) >= 11 is 0. The van der Waals surface area contributed by atoms with Crippen molar-refractivity contribution in [3.8, 4) is 17.2 Å². The number of nitrogens with zero attached hydrogens (tertiary/aromatic N) is 2. The number of benzene rings is 3. The molecule has 0 fully saturated rings. The maximum atomic E-state index is 14.0. The van der Waals surface area contributed by atoms with Gasteiger partial charge in [-0.3, -0.25) is 4.79 Å². The van der Waals surface area contributed by atoms with E-state index in [2.05, 4.69) is 22.0 Å². The van der Waals surface area contributed by atoms with Gasteiger partial charge in [-0.1, -0.05) is 18.7 Å². The van der Waals surface area contributed by atoms with Crippen LogP contribution in [0.4, 0.5) is 14.6 Å². The minimum absolute atomic E-state index is 0.160. The number of nitrogen functional groups attached to an aromatic ring is 1. The van der Waals surface area contributed by atoms with Crippen molar-refractivity contribution in [2.45, 2.75) is 6.92 Å². The van der Waals surface area contributed by atoms with Crippen molar-refractivity contribution in [1.29, 1.82) is 0 Å². The summed E-state index contributed by atoms with van der Waals surface area (Å²) in [6, 6.07) is 16.2. The molecule has 10 heteroatoms. The zero-order valence-corrected chi connectivity index (χ0v) is 21.9. The van der Waals surface area contributed by atoms with Crippen LogP contribution in [0.3, 0.4) is 0 Å². The van der Waals surface area contributed by atoms with Gasteiger partial charge < -0.3 is 25.5 Å². The molecule has 0 aliphatic carbocycles. The van der Waals surface area contributed by atoms with Crippen molar-refractivity contribution in [2.75, 3.05) is 26.0 Å². The van der Waals surface area contributed by atoms with E-state index in [0.717, 1.165) is 28.2 Å². The molecule has 40 heavy (non-hydrogen) atoms. The average molecular weight is 544 g/mol. The number of ether oxygens (including phenoxy) is 2. The number of ketones is 1. The van der Waals surface area contributed by atoms with Crippen LogP contribution in [0.15, 0.2) is 73.4 Å². The van der Waals surface area contributed by atoms with Gasteiger partial charge in [0.2, 0.25) is 11.6 Å². The van der Waals surface area contributed by atoms with Gasteiger partial charge in [0, 0.05) is 30.3 Å². The Labute approximate surface area is 229 Å². The number of H-pyrrole nitrogens is 1. The number of rotatable bonds is 10. The molecular formula is C30H27F2N5O3. The lowest BCUT2D eigenvalue weighted by atomic mass is 10.1. The van der Waals surface area contributed by atoms with Crippen molar-refractivity contribution >= 4 is 28.2 Å². The van der Waals surface area contributed by atoms with Crippen molar-refractivity contribution in [3.05, 3.63) is 107 Å². The van der Waals surface area contributed by atoms with E-state index in [1.54, 1.807) is 38.3 Å². The van der Waals surface area contributed by atoms with Crippen LogP contribution in [0.25, 0.3) is 22.3 Å². The number of hydrogen-bond acceptors (Lipinski definition) is 6. The second-order valence-corrected chi connectivity index (χ2v) is 9.17. The van der Waals surface area contributed by atoms with Gasteiger partial charge in [0.15, 0.2) is 11.6 Å². The van der Waals surface area contributed by atoms with Crippen LogP contribution in [0.2, 0.25) is 0 Å². The van der Waals surface area contributed by atoms with Crippen molar-refractivity contribution < 1.29 is 23.0 Å². The van der Waals surface area contributed by atoms with Gasteiger partial charge in [0.1, 0.15) is 11.6 Å². The second kappa shape index (κ2) is 11.0. The van der Waals surface area contributed by atoms with Gasteiger partial charge in [-0.25, -0.2) is 9.07 Å². The molecule has 0 amide bonds. The molecule has 204 valence electrons. The Morgan fingerprint density at radius 3 is 2.75 bits per heavy atom. The van der Waals surface area contributed by atoms with Gasteiger partial charge in [-0.15, -0.1) is 0 Å². The number of aryl methyl sites for hydroxylation is 1. The Bertz CT molecular complexity index is 1740. The number of fused-ring (bicyclic) bond motifs is 1. The first-order chi connectivity index (χ1) is 19.3. The fourth-order valence-corrected chi connectivity index (χ4v) is 4.34. The van der Waals surface area contributed by atoms with Gasteiger partial charge in [-0.2, -0.15) is 9.49 Å². The molecule has 0 unspecified atom stereocenters. The standard InChI is InChI=1S/C30H27F2N5O3/c1-17-13-21(40-27-6-4-5-23(31)28(27)32)8-10-26(17)37-30(33)22(16-35-37)29(38)25-15-20-14-19(7-9-24(20)36-25)18(2)34-11-12-39-3/h4-10,13-16,34,36H,2,11-12,33H2,1,3H3. The lowest BCUT2D eigenvalue weighted by Gasteiger charge is -2.12. The molecule has 4 N–H and O–H groups in total. The molecule has 0 atom stereocenters. The fraction of sp³-hybridized carbons (Fsp3) is 0.133. The van der Waals surface area contributed by atoms with Gasteiger partial charge in [0.05, 0.1) is 29.7 Å². The van der Waals surface area contributed by atoms with Crippen LogP contribution >= 0.6 is 0 Å². The summed E-state index contributed by atoms with van der Waals surface area (Å²) in [6.07, 6.45) is 1.42. The molecule has 2 aromatic heterocycles. The average Bonchev–Trinajstić information content (AvgIpc) is 3.54. The first kappa shape index (κ1) is 26.6. The van der Waals surface area contributed by atoms with E-state index in [1.807, 2.05) is 18.2 Å². The molecule has 0 spiro atoms. The predicted octanol–water partition coefficient (Wildman–Crippen LogP) is 5.75. The van der Waals surface area contributed by atoms with Crippen molar-refractivity contribution in [3.63, 3.8) is 0 Å². The molecule has 3 aromatic carbocycles.